The zero-order valence-corrected chi connectivity index (χ0v) is 12.9. The van der Waals surface area contributed by atoms with E-state index in [2.05, 4.69) is 24.9 Å². The van der Waals surface area contributed by atoms with Crippen molar-refractivity contribution in [2.75, 3.05) is 12.8 Å². The molecular formula is C17H16N6. The molecule has 0 spiro atoms. The predicted molar refractivity (Wildman–Crippen MR) is 90.2 cm³/mol. The third-order valence-corrected chi connectivity index (χ3v) is 3.51. The van der Waals surface area contributed by atoms with Crippen LogP contribution in [0.25, 0.3) is 11.1 Å². The van der Waals surface area contributed by atoms with Gasteiger partial charge in [-0.25, -0.2) is 9.97 Å². The second-order valence-corrected chi connectivity index (χ2v) is 4.94. The number of anilines is 1. The van der Waals surface area contributed by atoms with Crippen LogP contribution in [0, 0.1) is 6.92 Å². The van der Waals surface area contributed by atoms with Crippen molar-refractivity contribution in [2.24, 2.45) is 4.99 Å². The average Bonchev–Trinajstić information content (AvgIpc) is 2.58. The smallest absolute Gasteiger partial charge is 0.180 e. The summed E-state index contributed by atoms with van der Waals surface area (Å²) >= 11 is 0. The van der Waals surface area contributed by atoms with Crippen molar-refractivity contribution in [2.45, 2.75) is 6.92 Å². The molecular weight excluding hydrogens is 288 g/mol. The summed E-state index contributed by atoms with van der Waals surface area (Å²) in [6.45, 7) is 1.93. The highest BCUT2D eigenvalue weighted by atomic mass is 15.0. The monoisotopic (exact) mass is 304 g/mol. The van der Waals surface area contributed by atoms with Gasteiger partial charge >= 0.3 is 0 Å². The van der Waals surface area contributed by atoms with E-state index in [-0.39, 0.29) is 0 Å². The Bertz CT molecular complexity index is 858. The Morgan fingerprint density at radius 1 is 1.09 bits per heavy atom. The summed E-state index contributed by atoms with van der Waals surface area (Å²) in [5.74, 6) is 0.891. The van der Waals surface area contributed by atoms with Crippen LogP contribution >= 0.6 is 0 Å². The van der Waals surface area contributed by atoms with Gasteiger partial charge in [0.25, 0.3) is 0 Å². The lowest BCUT2D eigenvalue weighted by atomic mass is 10.1. The number of nitrogens with zero attached hydrogens (tertiary/aromatic N) is 5. The van der Waals surface area contributed by atoms with Crippen molar-refractivity contribution in [3.8, 4) is 11.1 Å². The summed E-state index contributed by atoms with van der Waals surface area (Å²) in [7, 11) is 1.71. The number of nitrogen functional groups attached to an aromatic ring is 1. The van der Waals surface area contributed by atoms with E-state index >= 15 is 0 Å². The fourth-order valence-electron chi connectivity index (χ4n) is 2.34. The summed E-state index contributed by atoms with van der Waals surface area (Å²) in [6, 6.07) is 7.55. The third kappa shape index (κ3) is 2.91. The van der Waals surface area contributed by atoms with Crippen LogP contribution in [-0.2, 0) is 0 Å². The summed E-state index contributed by atoms with van der Waals surface area (Å²) in [5.41, 5.74) is 10.3. The van der Waals surface area contributed by atoms with Crippen molar-refractivity contribution < 1.29 is 0 Å². The van der Waals surface area contributed by atoms with E-state index < -0.39 is 0 Å². The molecule has 0 aromatic carbocycles. The van der Waals surface area contributed by atoms with Crippen molar-refractivity contribution >= 4 is 11.5 Å². The maximum Gasteiger partial charge on any atom is 0.180 e. The van der Waals surface area contributed by atoms with Gasteiger partial charge in [-0.3, -0.25) is 15.0 Å². The molecule has 0 unspecified atom stereocenters. The van der Waals surface area contributed by atoms with Crippen LogP contribution in [0.15, 0.2) is 54.0 Å². The first-order valence-electron chi connectivity index (χ1n) is 7.12. The maximum atomic E-state index is 6.12. The lowest BCUT2D eigenvalue weighted by Crippen LogP contribution is -2.12. The average molecular weight is 304 g/mol. The van der Waals surface area contributed by atoms with Gasteiger partial charge in [-0.15, -0.1) is 0 Å². The Hall–Kier alpha value is -3.15. The summed E-state index contributed by atoms with van der Waals surface area (Å²) in [6.07, 6.45) is 6.87. The fraction of sp³-hybridized carbons (Fsp3) is 0.118. The van der Waals surface area contributed by atoms with Gasteiger partial charge in [-0.2, -0.15) is 0 Å². The van der Waals surface area contributed by atoms with Crippen LogP contribution in [0.4, 0.5) is 5.82 Å². The maximum absolute atomic E-state index is 6.12. The first kappa shape index (κ1) is 14.8. The molecule has 6 nitrogen and oxygen atoms in total. The number of hydrogen-bond donors (Lipinski definition) is 1. The van der Waals surface area contributed by atoms with Crippen LogP contribution in [0.2, 0.25) is 0 Å². The molecule has 0 bridgehead atoms. The van der Waals surface area contributed by atoms with Gasteiger partial charge in [0.1, 0.15) is 11.5 Å². The molecule has 3 aromatic heterocycles. The minimum Gasteiger partial charge on any atom is -0.383 e. The van der Waals surface area contributed by atoms with Crippen molar-refractivity contribution in [1.82, 2.24) is 19.9 Å². The fourth-order valence-corrected chi connectivity index (χ4v) is 2.34. The lowest BCUT2D eigenvalue weighted by molar-refractivity contribution is 1.12. The molecule has 0 saturated carbocycles. The molecule has 3 rings (SSSR count). The summed E-state index contributed by atoms with van der Waals surface area (Å²) in [5, 5.41) is 0. The molecule has 0 aliphatic rings. The first-order chi connectivity index (χ1) is 11.2. The highest BCUT2D eigenvalue weighted by Crippen LogP contribution is 2.23. The van der Waals surface area contributed by atoms with E-state index in [1.54, 1.807) is 31.8 Å². The van der Waals surface area contributed by atoms with Gasteiger partial charge in [0.05, 0.1) is 0 Å². The van der Waals surface area contributed by atoms with Crippen molar-refractivity contribution in [1.29, 1.82) is 0 Å². The van der Waals surface area contributed by atoms with E-state index in [9.17, 15) is 0 Å². The number of rotatable bonds is 3. The Morgan fingerprint density at radius 2 is 1.87 bits per heavy atom. The number of hydrogen-bond acceptors (Lipinski definition) is 6. The minimum atomic E-state index is 0.406. The molecule has 0 saturated heterocycles. The van der Waals surface area contributed by atoms with Crippen LogP contribution in [0.5, 0.6) is 0 Å². The minimum absolute atomic E-state index is 0.406. The van der Waals surface area contributed by atoms with Gasteiger partial charge in [0.2, 0.25) is 0 Å². The van der Waals surface area contributed by atoms with Gasteiger partial charge in [0.15, 0.2) is 5.82 Å². The second-order valence-electron chi connectivity index (χ2n) is 4.94. The normalized spacial score (nSPS) is 11.5. The molecule has 0 aliphatic carbocycles. The quantitative estimate of drug-likeness (QED) is 0.750. The molecule has 0 atom stereocenters. The zero-order valence-electron chi connectivity index (χ0n) is 12.9. The first-order valence-corrected chi connectivity index (χ1v) is 7.12. The standard InChI is InChI=1S/C17H16N6/c1-11-13(4-3-7-21-11)15(19-2)17-22-10-14(16(18)23-17)12-5-8-20-9-6-12/h3-10H,1-2H3,(H2,18,22,23). The van der Waals surface area contributed by atoms with Crippen LogP contribution in [-0.4, -0.2) is 32.7 Å². The van der Waals surface area contributed by atoms with Crippen LogP contribution in [0.3, 0.4) is 0 Å². The number of nitrogens with two attached hydrogens (primary N) is 1. The third-order valence-electron chi connectivity index (χ3n) is 3.51. The molecule has 3 aromatic rings. The largest absolute Gasteiger partial charge is 0.383 e. The summed E-state index contributed by atoms with van der Waals surface area (Å²) < 4.78 is 0. The highest BCUT2D eigenvalue weighted by Gasteiger charge is 2.14. The number of pyridine rings is 2. The molecule has 114 valence electrons. The number of aliphatic imine (C=N–C) groups is 1. The van der Waals surface area contributed by atoms with Crippen LogP contribution in [0.1, 0.15) is 17.1 Å². The second kappa shape index (κ2) is 6.31. The molecule has 23 heavy (non-hydrogen) atoms. The highest BCUT2D eigenvalue weighted by molar-refractivity contribution is 6.11. The number of aromatic nitrogens is 4. The molecule has 3 heterocycles. The van der Waals surface area contributed by atoms with E-state index in [1.807, 2.05) is 31.2 Å². The Balaban J connectivity index is 2.05. The van der Waals surface area contributed by atoms with E-state index in [0.717, 1.165) is 22.4 Å². The molecule has 6 heteroatoms. The van der Waals surface area contributed by atoms with Gasteiger partial charge in [0, 0.05) is 48.7 Å². The number of aryl methyl sites for hydroxylation is 1. The molecule has 0 fully saturated rings. The molecule has 2 N–H and O–H groups in total. The van der Waals surface area contributed by atoms with E-state index in [0.29, 0.717) is 17.4 Å². The van der Waals surface area contributed by atoms with Gasteiger partial charge < -0.3 is 5.73 Å². The zero-order chi connectivity index (χ0) is 16.2. The lowest BCUT2D eigenvalue weighted by Gasteiger charge is -2.10. The summed E-state index contributed by atoms with van der Waals surface area (Å²) in [4.78, 5) is 21.5. The Kier molecular flexibility index (Phi) is 4.05. The molecule has 0 radical (unpaired) electrons. The Morgan fingerprint density at radius 3 is 2.52 bits per heavy atom. The molecule has 0 aliphatic heterocycles. The van der Waals surface area contributed by atoms with Gasteiger partial charge in [-0.05, 0) is 36.8 Å². The SMILES string of the molecule is CN=C(c1ncc(-c2ccncc2)c(N)n1)c1cccnc1C. The predicted octanol–water partition coefficient (Wildman–Crippen LogP) is 2.29. The Labute approximate surface area is 134 Å². The van der Waals surface area contributed by atoms with Crippen LogP contribution < -0.4 is 5.73 Å². The van der Waals surface area contributed by atoms with E-state index in [4.69, 9.17) is 5.73 Å². The van der Waals surface area contributed by atoms with Crippen molar-refractivity contribution in [3.63, 3.8) is 0 Å². The topological polar surface area (TPSA) is 89.9 Å². The van der Waals surface area contributed by atoms with E-state index in [1.165, 1.54) is 0 Å². The van der Waals surface area contributed by atoms with Gasteiger partial charge in [-0.1, -0.05) is 0 Å². The van der Waals surface area contributed by atoms with Crippen molar-refractivity contribution in [3.05, 3.63) is 66.1 Å². The molecule has 0 amide bonds.